The Morgan fingerprint density at radius 3 is 2.94 bits per heavy atom. The predicted molar refractivity (Wildman–Crippen MR) is 67.2 cm³/mol. The van der Waals surface area contributed by atoms with Crippen LogP contribution in [0.2, 0.25) is 0 Å². The summed E-state index contributed by atoms with van der Waals surface area (Å²) >= 11 is 0. The first-order valence-electron chi connectivity index (χ1n) is 5.75. The van der Waals surface area contributed by atoms with Crippen molar-refractivity contribution < 1.29 is 14.3 Å². The average molecular weight is 253 g/mol. The van der Waals surface area contributed by atoms with Gasteiger partial charge in [-0.05, 0) is 24.6 Å². The molecule has 18 heavy (non-hydrogen) atoms. The Hall–Kier alpha value is -1.98. The molecule has 1 aliphatic heterocycles. The van der Waals surface area contributed by atoms with E-state index < -0.39 is 6.09 Å². The molecule has 1 fully saturated rings. The maximum atomic E-state index is 13.7. The van der Waals surface area contributed by atoms with Crippen LogP contribution >= 0.6 is 0 Å². The number of hydrogen-bond acceptors (Lipinski definition) is 3. The number of nitrogens with zero attached hydrogens (tertiary/aromatic N) is 2. The fourth-order valence-electron chi connectivity index (χ4n) is 2.21. The molecule has 0 bridgehead atoms. The number of likely N-dealkylation sites (N-methyl/N-ethyl adjacent to an activating group) is 1. The summed E-state index contributed by atoms with van der Waals surface area (Å²) in [6, 6.07) is 4.46. The van der Waals surface area contributed by atoms with E-state index in [9.17, 15) is 9.18 Å². The molecule has 0 saturated carbocycles. The first-order valence-corrected chi connectivity index (χ1v) is 5.75. The maximum absolute atomic E-state index is 13.7. The van der Waals surface area contributed by atoms with Crippen LogP contribution in [0.15, 0.2) is 18.2 Å². The van der Waals surface area contributed by atoms with Crippen molar-refractivity contribution in [1.82, 2.24) is 4.90 Å². The highest BCUT2D eigenvalue weighted by atomic mass is 19.1. The molecule has 6 heteroatoms. The fraction of sp³-hybridized carbons (Fsp3) is 0.417. The monoisotopic (exact) mass is 253 g/mol. The lowest BCUT2D eigenvalue weighted by molar-refractivity contribution is 0.142. The van der Waals surface area contributed by atoms with Crippen LogP contribution in [0.4, 0.5) is 20.6 Å². The van der Waals surface area contributed by atoms with Gasteiger partial charge in [0.2, 0.25) is 0 Å². The van der Waals surface area contributed by atoms with Gasteiger partial charge >= 0.3 is 6.09 Å². The molecule has 1 aromatic rings. The van der Waals surface area contributed by atoms with Crippen molar-refractivity contribution in [3.8, 4) is 0 Å². The summed E-state index contributed by atoms with van der Waals surface area (Å²) in [6.45, 7) is 1.15. The molecule has 1 heterocycles. The van der Waals surface area contributed by atoms with Crippen molar-refractivity contribution in [1.29, 1.82) is 0 Å². The second-order valence-electron chi connectivity index (χ2n) is 4.49. The van der Waals surface area contributed by atoms with E-state index in [-0.39, 0.29) is 11.9 Å². The summed E-state index contributed by atoms with van der Waals surface area (Å²) in [5.41, 5.74) is 6.36. The van der Waals surface area contributed by atoms with Gasteiger partial charge in [-0.3, -0.25) is 0 Å². The maximum Gasteiger partial charge on any atom is 0.407 e. The highest BCUT2D eigenvalue weighted by molar-refractivity contribution is 5.65. The molecular weight excluding hydrogens is 237 g/mol. The van der Waals surface area contributed by atoms with Gasteiger partial charge in [0, 0.05) is 25.8 Å². The van der Waals surface area contributed by atoms with E-state index in [4.69, 9.17) is 10.8 Å². The van der Waals surface area contributed by atoms with Crippen LogP contribution in [0.5, 0.6) is 0 Å². The molecule has 0 aliphatic carbocycles. The van der Waals surface area contributed by atoms with E-state index in [0.717, 1.165) is 0 Å². The lowest BCUT2D eigenvalue weighted by Crippen LogP contribution is -2.38. The minimum Gasteiger partial charge on any atom is -0.465 e. The number of carboxylic acid groups (broad SMARTS) is 1. The summed E-state index contributed by atoms with van der Waals surface area (Å²) in [6.07, 6.45) is -0.258. The fourth-order valence-corrected chi connectivity index (χ4v) is 2.21. The van der Waals surface area contributed by atoms with Gasteiger partial charge in [0.25, 0.3) is 0 Å². The molecule has 1 amide bonds. The van der Waals surface area contributed by atoms with E-state index in [1.807, 2.05) is 4.90 Å². The van der Waals surface area contributed by atoms with Crippen LogP contribution in [-0.2, 0) is 0 Å². The summed E-state index contributed by atoms with van der Waals surface area (Å²) in [7, 11) is 1.54. The predicted octanol–water partition coefficient (Wildman–Crippen LogP) is 1.60. The molecule has 0 radical (unpaired) electrons. The zero-order valence-corrected chi connectivity index (χ0v) is 10.1. The van der Waals surface area contributed by atoms with Crippen molar-refractivity contribution in [3.63, 3.8) is 0 Å². The molecule has 1 atom stereocenters. The van der Waals surface area contributed by atoms with Crippen LogP contribution in [-0.4, -0.2) is 42.3 Å². The number of nitrogens with two attached hydrogens (primary N) is 1. The molecule has 0 spiro atoms. The van der Waals surface area contributed by atoms with Gasteiger partial charge in [-0.15, -0.1) is 0 Å². The Kier molecular flexibility index (Phi) is 3.27. The first-order chi connectivity index (χ1) is 8.49. The van der Waals surface area contributed by atoms with E-state index in [1.165, 1.54) is 18.0 Å². The largest absolute Gasteiger partial charge is 0.465 e. The molecule has 2 rings (SSSR count). The van der Waals surface area contributed by atoms with Gasteiger partial charge in [-0.1, -0.05) is 0 Å². The van der Waals surface area contributed by atoms with E-state index in [2.05, 4.69) is 0 Å². The lowest BCUT2D eigenvalue weighted by Gasteiger charge is -2.23. The Morgan fingerprint density at radius 1 is 1.61 bits per heavy atom. The highest BCUT2D eigenvalue weighted by Crippen LogP contribution is 2.26. The van der Waals surface area contributed by atoms with Crippen LogP contribution in [0.1, 0.15) is 6.42 Å². The van der Waals surface area contributed by atoms with E-state index in [0.29, 0.717) is 30.9 Å². The summed E-state index contributed by atoms with van der Waals surface area (Å²) < 4.78 is 13.7. The number of nitrogen functional groups attached to an aromatic ring is 1. The Morgan fingerprint density at radius 2 is 2.33 bits per heavy atom. The van der Waals surface area contributed by atoms with E-state index in [1.54, 1.807) is 12.1 Å². The quantitative estimate of drug-likeness (QED) is 0.785. The molecular formula is C12H16FN3O2. The number of hydrogen-bond donors (Lipinski definition) is 2. The van der Waals surface area contributed by atoms with Crippen molar-refractivity contribution in [3.05, 3.63) is 24.0 Å². The molecule has 5 nitrogen and oxygen atoms in total. The van der Waals surface area contributed by atoms with Crippen molar-refractivity contribution in [2.24, 2.45) is 0 Å². The normalized spacial score (nSPS) is 19.0. The Labute approximate surface area is 105 Å². The third-order valence-electron chi connectivity index (χ3n) is 3.33. The topological polar surface area (TPSA) is 69.8 Å². The number of rotatable bonds is 2. The second kappa shape index (κ2) is 4.72. The van der Waals surface area contributed by atoms with Gasteiger partial charge < -0.3 is 20.6 Å². The minimum absolute atomic E-state index is 0.0977. The third-order valence-corrected chi connectivity index (χ3v) is 3.33. The molecule has 1 aliphatic rings. The zero-order chi connectivity index (χ0) is 13.3. The average Bonchev–Trinajstić information content (AvgIpc) is 2.77. The zero-order valence-electron chi connectivity index (χ0n) is 10.1. The number of halogens is 1. The van der Waals surface area contributed by atoms with Gasteiger partial charge in [0.15, 0.2) is 0 Å². The van der Waals surface area contributed by atoms with Crippen LogP contribution in [0.3, 0.4) is 0 Å². The van der Waals surface area contributed by atoms with Crippen LogP contribution in [0.25, 0.3) is 0 Å². The molecule has 0 unspecified atom stereocenters. The van der Waals surface area contributed by atoms with Crippen LogP contribution in [0, 0.1) is 5.82 Å². The van der Waals surface area contributed by atoms with E-state index >= 15 is 0 Å². The number of benzene rings is 1. The number of carbonyl (C=O) groups is 1. The molecule has 1 aromatic carbocycles. The molecule has 1 saturated heterocycles. The SMILES string of the molecule is CN(C(=O)O)[C@H]1CCN(c2ccc(N)cc2F)C1. The Bertz CT molecular complexity index is 467. The highest BCUT2D eigenvalue weighted by Gasteiger charge is 2.29. The first kappa shape index (κ1) is 12.5. The minimum atomic E-state index is -0.959. The Balaban J connectivity index is 2.11. The smallest absolute Gasteiger partial charge is 0.407 e. The van der Waals surface area contributed by atoms with Crippen molar-refractivity contribution in [2.75, 3.05) is 30.8 Å². The van der Waals surface area contributed by atoms with Gasteiger partial charge in [0.05, 0.1) is 11.7 Å². The standard InChI is InChI=1S/C12H16FN3O2/c1-15(12(17)18)9-4-5-16(7-9)11-3-2-8(14)6-10(11)13/h2-3,6,9H,4-5,7,14H2,1H3,(H,17,18)/t9-/m0/s1. The van der Waals surface area contributed by atoms with Crippen molar-refractivity contribution in [2.45, 2.75) is 12.5 Å². The number of anilines is 2. The van der Waals surface area contributed by atoms with Crippen LogP contribution < -0.4 is 10.6 Å². The third kappa shape index (κ3) is 2.32. The molecule has 3 N–H and O–H groups in total. The van der Waals surface area contributed by atoms with Gasteiger partial charge in [0.1, 0.15) is 5.82 Å². The second-order valence-corrected chi connectivity index (χ2v) is 4.49. The number of amides is 1. The van der Waals surface area contributed by atoms with Crippen molar-refractivity contribution >= 4 is 17.5 Å². The summed E-state index contributed by atoms with van der Waals surface area (Å²) in [5, 5.41) is 8.91. The molecule has 98 valence electrons. The summed E-state index contributed by atoms with van der Waals surface area (Å²) in [5.74, 6) is -0.367. The van der Waals surface area contributed by atoms with Gasteiger partial charge in [-0.2, -0.15) is 0 Å². The van der Waals surface area contributed by atoms with Gasteiger partial charge in [-0.25, -0.2) is 9.18 Å². The summed E-state index contributed by atoms with van der Waals surface area (Å²) in [4.78, 5) is 14.0. The molecule has 0 aromatic heterocycles. The lowest BCUT2D eigenvalue weighted by atomic mass is 10.2.